The van der Waals surface area contributed by atoms with Crippen LogP contribution in [0.2, 0.25) is 0 Å². The fourth-order valence-corrected chi connectivity index (χ4v) is 3.00. The van der Waals surface area contributed by atoms with Crippen molar-refractivity contribution in [2.24, 2.45) is 0 Å². The number of aromatic nitrogens is 2. The average molecular weight is 226 g/mol. The highest BCUT2D eigenvalue weighted by Gasteiger charge is 2.17. The van der Waals surface area contributed by atoms with Crippen LogP contribution in [0.3, 0.4) is 0 Å². The molecule has 1 unspecified atom stereocenters. The molecule has 1 saturated heterocycles. The van der Waals surface area contributed by atoms with Gasteiger partial charge < -0.3 is 9.32 Å². The lowest BCUT2D eigenvalue weighted by Crippen LogP contribution is -2.13. The minimum Gasteiger partial charge on any atom is -0.339 e. The third kappa shape index (κ3) is 3.06. The molecule has 82 valence electrons. The molecule has 4 nitrogen and oxygen atoms in total. The average Bonchev–Trinajstić information content (AvgIpc) is 2.68. The SMILES string of the molecule is O=CCc1nc(CC2CCCCS2)no1. The molecule has 0 amide bonds. The van der Waals surface area contributed by atoms with Gasteiger partial charge in [0.05, 0.1) is 6.42 Å². The smallest absolute Gasteiger partial charge is 0.233 e. The minimum absolute atomic E-state index is 0.227. The van der Waals surface area contributed by atoms with E-state index in [1.54, 1.807) is 0 Å². The van der Waals surface area contributed by atoms with Crippen molar-refractivity contribution < 1.29 is 9.32 Å². The molecule has 15 heavy (non-hydrogen) atoms. The molecule has 0 bridgehead atoms. The quantitative estimate of drug-likeness (QED) is 0.730. The van der Waals surface area contributed by atoms with Crippen LogP contribution in [0.15, 0.2) is 4.52 Å². The molecule has 0 aliphatic carbocycles. The highest BCUT2D eigenvalue weighted by Crippen LogP contribution is 2.27. The predicted molar refractivity (Wildman–Crippen MR) is 57.9 cm³/mol. The Hall–Kier alpha value is -0.840. The van der Waals surface area contributed by atoms with Crippen molar-refractivity contribution in [3.05, 3.63) is 11.7 Å². The van der Waals surface area contributed by atoms with Gasteiger partial charge in [0.1, 0.15) is 6.29 Å². The summed E-state index contributed by atoms with van der Waals surface area (Å²) in [6.45, 7) is 0. The van der Waals surface area contributed by atoms with Crippen LogP contribution in [-0.4, -0.2) is 27.4 Å². The molecule has 1 aromatic heterocycles. The lowest BCUT2D eigenvalue weighted by Gasteiger charge is -2.19. The maximum Gasteiger partial charge on any atom is 0.233 e. The molecule has 1 aliphatic heterocycles. The summed E-state index contributed by atoms with van der Waals surface area (Å²) >= 11 is 1.99. The van der Waals surface area contributed by atoms with Gasteiger partial charge in [-0.3, -0.25) is 0 Å². The van der Waals surface area contributed by atoms with Crippen molar-refractivity contribution in [3.8, 4) is 0 Å². The van der Waals surface area contributed by atoms with Gasteiger partial charge >= 0.3 is 0 Å². The summed E-state index contributed by atoms with van der Waals surface area (Å²) in [6.07, 6.45) is 5.74. The highest BCUT2D eigenvalue weighted by atomic mass is 32.2. The first-order valence-electron chi connectivity index (χ1n) is 5.25. The number of carbonyl (C=O) groups is 1. The van der Waals surface area contributed by atoms with Crippen LogP contribution in [0.5, 0.6) is 0 Å². The van der Waals surface area contributed by atoms with E-state index in [2.05, 4.69) is 10.1 Å². The summed E-state index contributed by atoms with van der Waals surface area (Å²) in [6, 6.07) is 0. The Labute approximate surface area is 92.8 Å². The minimum atomic E-state index is 0.227. The second kappa shape index (κ2) is 5.30. The molecule has 2 heterocycles. The van der Waals surface area contributed by atoms with Gasteiger partial charge in [0.25, 0.3) is 0 Å². The van der Waals surface area contributed by atoms with Crippen molar-refractivity contribution >= 4 is 18.0 Å². The fraction of sp³-hybridized carbons (Fsp3) is 0.700. The van der Waals surface area contributed by atoms with E-state index in [0.717, 1.165) is 18.5 Å². The Bertz CT molecular complexity index is 321. The third-order valence-electron chi connectivity index (χ3n) is 2.45. The van der Waals surface area contributed by atoms with E-state index >= 15 is 0 Å². The Morgan fingerprint density at radius 1 is 1.53 bits per heavy atom. The van der Waals surface area contributed by atoms with Gasteiger partial charge in [-0.15, -0.1) is 0 Å². The van der Waals surface area contributed by atoms with E-state index in [9.17, 15) is 4.79 Å². The van der Waals surface area contributed by atoms with E-state index in [4.69, 9.17) is 4.52 Å². The Balaban J connectivity index is 1.88. The van der Waals surface area contributed by atoms with Crippen LogP contribution in [0.25, 0.3) is 0 Å². The summed E-state index contributed by atoms with van der Waals surface area (Å²) in [7, 11) is 0. The number of hydrogen-bond donors (Lipinski definition) is 0. The lowest BCUT2D eigenvalue weighted by molar-refractivity contribution is -0.107. The van der Waals surface area contributed by atoms with E-state index in [-0.39, 0.29) is 6.42 Å². The number of aldehydes is 1. The van der Waals surface area contributed by atoms with Gasteiger partial charge in [0, 0.05) is 11.7 Å². The van der Waals surface area contributed by atoms with Gasteiger partial charge in [-0.2, -0.15) is 16.7 Å². The van der Waals surface area contributed by atoms with Crippen LogP contribution in [0.4, 0.5) is 0 Å². The number of nitrogens with zero attached hydrogens (tertiary/aromatic N) is 2. The predicted octanol–water partition coefficient (Wildman–Crippen LogP) is 1.64. The number of hydrogen-bond acceptors (Lipinski definition) is 5. The van der Waals surface area contributed by atoms with Gasteiger partial charge in [-0.1, -0.05) is 11.6 Å². The second-order valence-electron chi connectivity index (χ2n) is 3.67. The van der Waals surface area contributed by atoms with Crippen molar-refractivity contribution in [3.63, 3.8) is 0 Å². The van der Waals surface area contributed by atoms with Crippen molar-refractivity contribution in [1.29, 1.82) is 0 Å². The normalized spacial score (nSPS) is 21.5. The molecule has 0 radical (unpaired) electrons. The van der Waals surface area contributed by atoms with Crippen molar-refractivity contribution in [1.82, 2.24) is 10.1 Å². The zero-order valence-corrected chi connectivity index (χ0v) is 9.33. The van der Waals surface area contributed by atoms with Gasteiger partial charge in [0.15, 0.2) is 5.82 Å². The number of carbonyl (C=O) groups excluding carboxylic acids is 1. The van der Waals surface area contributed by atoms with Crippen molar-refractivity contribution in [2.75, 3.05) is 5.75 Å². The van der Waals surface area contributed by atoms with Crippen LogP contribution >= 0.6 is 11.8 Å². The summed E-state index contributed by atoms with van der Waals surface area (Å²) in [4.78, 5) is 14.4. The molecule has 2 rings (SSSR count). The second-order valence-corrected chi connectivity index (χ2v) is 5.08. The molecule has 0 aromatic carbocycles. The number of rotatable bonds is 4. The molecule has 0 saturated carbocycles. The zero-order chi connectivity index (χ0) is 10.5. The number of thioether (sulfide) groups is 1. The fourth-order valence-electron chi connectivity index (χ4n) is 1.70. The van der Waals surface area contributed by atoms with Crippen LogP contribution < -0.4 is 0 Å². The molecule has 1 fully saturated rings. The molecular formula is C10H14N2O2S. The molecule has 1 atom stereocenters. The van der Waals surface area contributed by atoms with E-state index < -0.39 is 0 Å². The summed E-state index contributed by atoms with van der Waals surface area (Å²) in [5.74, 6) is 2.41. The van der Waals surface area contributed by atoms with Gasteiger partial charge in [-0.05, 0) is 18.6 Å². The van der Waals surface area contributed by atoms with Crippen LogP contribution in [0.1, 0.15) is 31.0 Å². The highest BCUT2D eigenvalue weighted by molar-refractivity contribution is 7.99. The molecular weight excluding hydrogens is 212 g/mol. The lowest BCUT2D eigenvalue weighted by atomic mass is 10.1. The molecule has 1 aromatic rings. The van der Waals surface area contributed by atoms with Crippen LogP contribution in [-0.2, 0) is 17.6 Å². The maximum atomic E-state index is 10.2. The first-order chi connectivity index (χ1) is 7.38. The van der Waals surface area contributed by atoms with E-state index in [1.807, 2.05) is 11.8 Å². The van der Waals surface area contributed by atoms with Crippen molar-refractivity contribution in [2.45, 2.75) is 37.4 Å². The van der Waals surface area contributed by atoms with Crippen LogP contribution in [0, 0.1) is 0 Å². The molecule has 5 heteroatoms. The topological polar surface area (TPSA) is 56.0 Å². The Morgan fingerprint density at radius 3 is 3.20 bits per heavy atom. The monoisotopic (exact) mass is 226 g/mol. The molecule has 0 N–H and O–H groups in total. The third-order valence-corrected chi connectivity index (χ3v) is 3.85. The van der Waals surface area contributed by atoms with Gasteiger partial charge in [0.2, 0.25) is 5.89 Å². The maximum absolute atomic E-state index is 10.2. The Morgan fingerprint density at radius 2 is 2.47 bits per heavy atom. The standard InChI is InChI=1S/C10H14N2O2S/c13-5-4-10-11-9(12-14-10)7-8-3-1-2-6-15-8/h5,8H,1-4,6-7H2. The Kier molecular flexibility index (Phi) is 3.77. The summed E-state index contributed by atoms with van der Waals surface area (Å²) in [5.41, 5.74) is 0. The van der Waals surface area contributed by atoms with E-state index in [1.165, 1.54) is 25.0 Å². The first-order valence-corrected chi connectivity index (χ1v) is 6.30. The first kappa shape index (κ1) is 10.7. The largest absolute Gasteiger partial charge is 0.339 e. The molecule has 1 aliphatic rings. The van der Waals surface area contributed by atoms with E-state index in [0.29, 0.717) is 11.1 Å². The summed E-state index contributed by atoms with van der Waals surface area (Å²) in [5, 5.41) is 4.50. The van der Waals surface area contributed by atoms with Gasteiger partial charge in [-0.25, -0.2) is 0 Å². The summed E-state index contributed by atoms with van der Waals surface area (Å²) < 4.78 is 4.94. The zero-order valence-electron chi connectivity index (χ0n) is 8.52. The molecule has 0 spiro atoms.